The van der Waals surface area contributed by atoms with Gasteiger partial charge in [-0.15, -0.1) is 0 Å². The molecule has 1 aromatic rings. The predicted octanol–water partition coefficient (Wildman–Crippen LogP) is 1.43. The molecule has 20 heavy (non-hydrogen) atoms. The Bertz CT molecular complexity index is 460. The molecule has 2 unspecified atom stereocenters. The molecule has 5 nitrogen and oxygen atoms in total. The van der Waals surface area contributed by atoms with Crippen LogP contribution in [0.4, 0.5) is 0 Å². The number of carbonyl (C=O) groups is 2. The van der Waals surface area contributed by atoms with E-state index >= 15 is 0 Å². The Morgan fingerprint density at radius 1 is 1.25 bits per heavy atom. The van der Waals surface area contributed by atoms with E-state index in [1.807, 2.05) is 30.3 Å². The highest BCUT2D eigenvalue weighted by Gasteiger charge is 2.48. The number of ether oxygens (including phenoxy) is 1. The summed E-state index contributed by atoms with van der Waals surface area (Å²) in [6.45, 7) is 1.66. The van der Waals surface area contributed by atoms with Crippen LogP contribution in [0.25, 0.3) is 0 Å². The Hall–Kier alpha value is -1.88. The number of carboxylic acid groups (broad SMARTS) is 1. The summed E-state index contributed by atoms with van der Waals surface area (Å²) in [5.41, 5.74) is 1.12. The van der Waals surface area contributed by atoms with Crippen molar-refractivity contribution in [3.8, 4) is 0 Å². The second-order valence-corrected chi connectivity index (χ2v) is 4.97. The van der Waals surface area contributed by atoms with Crippen LogP contribution < -0.4 is 5.32 Å². The molecule has 0 heterocycles. The van der Waals surface area contributed by atoms with Gasteiger partial charge in [0.05, 0.1) is 18.4 Å². The molecule has 1 aromatic carbocycles. The third-order valence-corrected chi connectivity index (χ3v) is 3.32. The number of carboxylic acids is 1. The van der Waals surface area contributed by atoms with Crippen LogP contribution in [0.5, 0.6) is 0 Å². The third-order valence-electron chi connectivity index (χ3n) is 3.32. The highest BCUT2D eigenvalue weighted by Crippen LogP contribution is 2.38. The van der Waals surface area contributed by atoms with Gasteiger partial charge in [-0.05, 0) is 18.4 Å². The van der Waals surface area contributed by atoms with Crippen LogP contribution in [0.1, 0.15) is 18.4 Å². The van der Waals surface area contributed by atoms with E-state index in [4.69, 9.17) is 9.84 Å². The number of benzene rings is 1. The zero-order chi connectivity index (χ0) is 14.4. The van der Waals surface area contributed by atoms with E-state index in [2.05, 4.69) is 5.32 Å². The second kappa shape index (κ2) is 7.05. The number of nitrogens with one attached hydrogen (secondary N) is 1. The molecule has 0 saturated heterocycles. The fraction of sp³-hybridized carbons (Fsp3) is 0.467. The van der Waals surface area contributed by atoms with Crippen molar-refractivity contribution in [1.82, 2.24) is 5.32 Å². The number of aliphatic carboxylic acids is 1. The van der Waals surface area contributed by atoms with Crippen LogP contribution in [0, 0.1) is 11.8 Å². The van der Waals surface area contributed by atoms with Crippen molar-refractivity contribution in [2.24, 2.45) is 11.8 Å². The van der Waals surface area contributed by atoms with Gasteiger partial charge in [-0.25, -0.2) is 0 Å². The maximum atomic E-state index is 11.6. The summed E-state index contributed by atoms with van der Waals surface area (Å²) < 4.78 is 5.49. The molecular formula is C15H19NO4. The van der Waals surface area contributed by atoms with Crippen molar-refractivity contribution in [2.45, 2.75) is 19.4 Å². The van der Waals surface area contributed by atoms with Crippen molar-refractivity contribution >= 4 is 11.9 Å². The molecule has 0 aromatic heterocycles. The molecule has 5 heteroatoms. The molecule has 1 amide bonds. The first-order chi connectivity index (χ1) is 9.68. The highest BCUT2D eigenvalue weighted by atomic mass is 16.5. The van der Waals surface area contributed by atoms with Crippen molar-refractivity contribution in [1.29, 1.82) is 0 Å². The summed E-state index contributed by atoms with van der Waals surface area (Å²) in [5.74, 6) is -1.85. The molecule has 108 valence electrons. The van der Waals surface area contributed by atoms with Crippen LogP contribution >= 0.6 is 0 Å². The Morgan fingerprint density at radius 2 is 2.00 bits per heavy atom. The molecule has 0 spiro atoms. The lowest BCUT2D eigenvalue weighted by Gasteiger charge is -2.06. The highest BCUT2D eigenvalue weighted by molar-refractivity contribution is 5.89. The molecule has 1 fully saturated rings. The number of hydrogen-bond acceptors (Lipinski definition) is 3. The summed E-state index contributed by atoms with van der Waals surface area (Å²) in [6, 6.07) is 9.89. The van der Waals surface area contributed by atoms with Gasteiger partial charge in [0.25, 0.3) is 0 Å². The quantitative estimate of drug-likeness (QED) is 0.705. The summed E-state index contributed by atoms with van der Waals surface area (Å²) in [5, 5.41) is 11.5. The first kappa shape index (κ1) is 14.5. The van der Waals surface area contributed by atoms with Crippen molar-refractivity contribution < 1.29 is 19.4 Å². The van der Waals surface area contributed by atoms with Crippen LogP contribution in [-0.4, -0.2) is 30.1 Å². The van der Waals surface area contributed by atoms with Gasteiger partial charge in [0.15, 0.2) is 0 Å². The number of carbonyl (C=O) groups excluding carboxylic acids is 1. The Kier molecular flexibility index (Phi) is 5.12. The lowest BCUT2D eigenvalue weighted by Crippen LogP contribution is -2.28. The minimum Gasteiger partial charge on any atom is -0.481 e. The summed E-state index contributed by atoms with van der Waals surface area (Å²) in [7, 11) is 0. The van der Waals surface area contributed by atoms with Gasteiger partial charge in [-0.2, -0.15) is 0 Å². The fourth-order valence-electron chi connectivity index (χ4n) is 2.04. The van der Waals surface area contributed by atoms with E-state index in [0.29, 0.717) is 26.2 Å². The smallest absolute Gasteiger partial charge is 0.307 e. The topological polar surface area (TPSA) is 75.6 Å². The molecule has 2 rings (SSSR count). The molecule has 1 aliphatic rings. The maximum Gasteiger partial charge on any atom is 0.307 e. The first-order valence-electron chi connectivity index (χ1n) is 6.80. The van der Waals surface area contributed by atoms with Crippen LogP contribution in [0.15, 0.2) is 30.3 Å². The standard InChI is InChI=1S/C15H19NO4/c17-14(12-9-13(12)15(18)19)16-7-4-8-20-10-11-5-2-1-3-6-11/h1-3,5-6,12-13H,4,7-10H2,(H,16,17)(H,18,19). The Balaban J connectivity index is 1.50. The van der Waals surface area contributed by atoms with Gasteiger partial charge in [0.1, 0.15) is 0 Å². The van der Waals surface area contributed by atoms with E-state index in [1.54, 1.807) is 0 Å². The molecule has 2 N–H and O–H groups in total. The van der Waals surface area contributed by atoms with E-state index in [9.17, 15) is 9.59 Å². The van der Waals surface area contributed by atoms with E-state index < -0.39 is 11.9 Å². The average Bonchev–Trinajstić information content (AvgIpc) is 3.24. The van der Waals surface area contributed by atoms with Crippen LogP contribution in [-0.2, 0) is 20.9 Å². The van der Waals surface area contributed by atoms with Crippen LogP contribution in [0.2, 0.25) is 0 Å². The molecule has 0 aliphatic heterocycles. The minimum atomic E-state index is -0.878. The van der Waals surface area contributed by atoms with Gasteiger partial charge in [-0.1, -0.05) is 30.3 Å². The SMILES string of the molecule is O=C(O)C1CC1C(=O)NCCCOCc1ccccc1. The van der Waals surface area contributed by atoms with Gasteiger partial charge in [0.2, 0.25) is 5.91 Å². The molecule has 2 atom stereocenters. The predicted molar refractivity (Wildman–Crippen MR) is 73.0 cm³/mol. The number of rotatable bonds is 8. The van der Waals surface area contributed by atoms with Crippen molar-refractivity contribution in [2.75, 3.05) is 13.2 Å². The molecular weight excluding hydrogens is 258 g/mol. The van der Waals surface area contributed by atoms with E-state index in [1.165, 1.54) is 0 Å². The second-order valence-electron chi connectivity index (χ2n) is 4.97. The van der Waals surface area contributed by atoms with E-state index in [0.717, 1.165) is 12.0 Å². The maximum absolute atomic E-state index is 11.6. The first-order valence-corrected chi connectivity index (χ1v) is 6.80. The third kappa shape index (κ3) is 4.35. The lowest BCUT2D eigenvalue weighted by molar-refractivity contribution is -0.140. The Morgan fingerprint density at radius 3 is 2.65 bits per heavy atom. The van der Waals surface area contributed by atoms with Crippen molar-refractivity contribution in [3.63, 3.8) is 0 Å². The van der Waals surface area contributed by atoms with Gasteiger partial charge < -0.3 is 15.2 Å². The summed E-state index contributed by atoms with van der Waals surface area (Å²) >= 11 is 0. The number of hydrogen-bond donors (Lipinski definition) is 2. The zero-order valence-corrected chi connectivity index (χ0v) is 11.2. The van der Waals surface area contributed by atoms with Crippen molar-refractivity contribution in [3.05, 3.63) is 35.9 Å². The normalized spacial score (nSPS) is 20.4. The molecule has 0 bridgehead atoms. The zero-order valence-electron chi connectivity index (χ0n) is 11.2. The monoisotopic (exact) mass is 277 g/mol. The Labute approximate surface area is 117 Å². The van der Waals surface area contributed by atoms with E-state index in [-0.39, 0.29) is 11.8 Å². The molecule has 1 aliphatic carbocycles. The molecule has 0 radical (unpaired) electrons. The minimum absolute atomic E-state index is 0.152. The van der Waals surface area contributed by atoms with Crippen LogP contribution in [0.3, 0.4) is 0 Å². The molecule has 1 saturated carbocycles. The summed E-state index contributed by atoms with van der Waals surface area (Å²) in [6.07, 6.45) is 1.19. The summed E-state index contributed by atoms with van der Waals surface area (Å²) in [4.78, 5) is 22.2. The fourth-order valence-corrected chi connectivity index (χ4v) is 2.04. The van der Waals surface area contributed by atoms with Gasteiger partial charge in [-0.3, -0.25) is 9.59 Å². The lowest BCUT2D eigenvalue weighted by atomic mass is 10.2. The van der Waals surface area contributed by atoms with Gasteiger partial charge in [0, 0.05) is 13.2 Å². The van der Waals surface area contributed by atoms with Gasteiger partial charge >= 0.3 is 5.97 Å². The largest absolute Gasteiger partial charge is 0.481 e. The number of amides is 1. The average molecular weight is 277 g/mol.